The van der Waals surface area contributed by atoms with Crippen LogP contribution in [0.25, 0.3) is 11.1 Å². The number of aliphatic hydroxyl groups is 2. The molecule has 0 saturated carbocycles. The van der Waals surface area contributed by atoms with Crippen LogP contribution < -0.4 is 44.1 Å². The Bertz CT molecular complexity index is 2310. The molecular formula is C43H43N4NaO16. The molecule has 332 valence electrons. The number of carbonyl (C=O) groups is 8. The number of aliphatic hydroxyl groups excluding tert-OH is 2. The van der Waals surface area contributed by atoms with E-state index in [4.69, 9.17) is 23.7 Å². The monoisotopic (exact) mass is 894 g/mol. The van der Waals surface area contributed by atoms with Gasteiger partial charge in [-0.15, -0.1) is 6.58 Å². The number of cyclic esters (lactones) is 2. The summed E-state index contributed by atoms with van der Waals surface area (Å²) in [5.41, 5.74) is 2.21. The SMILES string of the molecule is C=CCC(=O)OC1=C(c2ccc(OCC(=O)N3CCOC3=O)cc2)C[C@@H]2[C@@H]([C@@H](C)O)C(=O)N12.C[C@@H](O)[C@H]1C(=O)N2C(C(=O)[O-])=C(c3ccc(OCC(=O)N4CCOC4=O)cc3)C[C@H]12.[Na+]. The molecule has 20 nitrogen and oxygen atoms in total. The van der Waals surface area contributed by atoms with Gasteiger partial charge in [0.25, 0.3) is 11.8 Å². The molecule has 0 bridgehead atoms. The Labute approximate surface area is 387 Å². The van der Waals surface area contributed by atoms with Crippen molar-refractivity contribution in [2.75, 3.05) is 39.5 Å². The van der Waals surface area contributed by atoms with Gasteiger partial charge in [0.05, 0.1) is 67.3 Å². The van der Waals surface area contributed by atoms with Crippen LogP contribution in [0.15, 0.2) is 72.8 Å². The Morgan fingerprint density at radius 3 is 1.61 bits per heavy atom. The second-order valence-corrected chi connectivity index (χ2v) is 15.3. The summed E-state index contributed by atoms with van der Waals surface area (Å²) >= 11 is 0. The van der Waals surface area contributed by atoms with Crippen molar-refractivity contribution in [3.05, 3.63) is 83.9 Å². The zero-order valence-corrected chi connectivity index (χ0v) is 37.1. The van der Waals surface area contributed by atoms with Gasteiger partial charge >= 0.3 is 47.7 Å². The van der Waals surface area contributed by atoms with Crippen molar-refractivity contribution in [2.45, 2.75) is 57.4 Å². The first kappa shape index (κ1) is 47.4. The number of carbonyl (C=O) groups excluding carboxylic acids is 8. The molecule has 0 aromatic heterocycles. The molecule has 2 aromatic carbocycles. The van der Waals surface area contributed by atoms with Crippen molar-refractivity contribution in [1.82, 2.24) is 19.6 Å². The summed E-state index contributed by atoms with van der Waals surface area (Å²) in [5, 5.41) is 31.4. The minimum Gasteiger partial charge on any atom is -0.543 e. The van der Waals surface area contributed by atoms with Crippen LogP contribution >= 0.6 is 0 Å². The molecule has 64 heavy (non-hydrogen) atoms. The smallest absolute Gasteiger partial charge is 0.543 e. The number of benzene rings is 2. The molecule has 2 aromatic rings. The number of carboxylic acid groups (broad SMARTS) is 1. The van der Waals surface area contributed by atoms with Crippen LogP contribution in [0.2, 0.25) is 0 Å². The Morgan fingerprint density at radius 2 is 1.19 bits per heavy atom. The van der Waals surface area contributed by atoms with E-state index in [1.54, 1.807) is 55.5 Å². The van der Waals surface area contributed by atoms with Gasteiger partial charge in [0.1, 0.15) is 24.7 Å². The van der Waals surface area contributed by atoms with Gasteiger partial charge < -0.3 is 48.7 Å². The van der Waals surface area contributed by atoms with E-state index in [2.05, 4.69) is 6.58 Å². The molecule has 6 aliphatic rings. The molecule has 0 spiro atoms. The molecular weight excluding hydrogens is 851 g/mol. The van der Waals surface area contributed by atoms with Gasteiger partial charge in [-0.3, -0.25) is 28.9 Å². The molecule has 0 radical (unpaired) electrons. The van der Waals surface area contributed by atoms with Gasteiger partial charge in [0.2, 0.25) is 17.7 Å². The summed E-state index contributed by atoms with van der Waals surface area (Å²) in [6.07, 6.45) is -0.937. The number of esters is 1. The van der Waals surface area contributed by atoms with Crippen LogP contribution in [0.3, 0.4) is 0 Å². The predicted octanol–water partition coefficient (Wildman–Crippen LogP) is -2.44. The van der Waals surface area contributed by atoms with Crippen LogP contribution in [-0.4, -0.2) is 141 Å². The number of fused-ring (bicyclic) bond motifs is 2. The molecule has 8 rings (SSSR count). The number of hydrogen-bond donors (Lipinski definition) is 2. The number of amides is 6. The van der Waals surface area contributed by atoms with E-state index in [0.717, 1.165) is 9.80 Å². The van der Waals surface area contributed by atoms with Crippen molar-refractivity contribution in [3.63, 3.8) is 0 Å². The third kappa shape index (κ3) is 9.27. The first-order valence-corrected chi connectivity index (χ1v) is 20.0. The number of imide groups is 2. The Hall–Kier alpha value is -6.06. The molecule has 6 amide bonds. The molecule has 0 aliphatic carbocycles. The van der Waals surface area contributed by atoms with Crippen molar-refractivity contribution in [2.24, 2.45) is 11.8 Å². The van der Waals surface area contributed by atoms with Crippen molar-refractivity contribution in [3.8, 4) is 11.5 Å². The van der Waals surface area contributed by atoms with E-state index < -0.39 is 71.9 Å². The summed E-state index contributed by atoms with van der Waals surface area (Å²) < 4.78 is 25.8. The van der Waals surface area contributed by atoms with Gasteiger partial charge in [0.15, 0.2) is 13.2 Å². The standard InChI is InChI=1S/C23H24N2O8.C20H20N2O8.Na/c1-3-4-19(28)33-22-16(11-17-20(13(2)26)21(29)25(17)22)14-5-7-15(8-6-14)32-12-18(27)24-9-10-31-23(24)30;1-10(23)16-14-8-13(17(19(26)27)22(14)18(16)25)11-2-4-12(5-3-11)30-9-15(24)21-6-7-29-20(21)28;/h3,5-8,13,17,20,26H,1,4,9-12H2,2H3;2-5,10,14,16,23H,6-9H2,1H3,(H,26,27);/q;;+1/p-1/t13-,17-,20-;10-,14-,16-;/m11./s1. The number of carboxylic acids is 1. The van der Waals surface area contributed by atoms with Gasteiger partial charge in [-0.2, -0.15) is 0 Å². The van der Waals surface area contributed by atoms with Gasteiger partial charge in [-0.05, 0) is 61.2 Å². The number of nitrogens with zero attached hydrogens (tertiary/aromatic N) is 4. The van der Waals surface area contributed by atoms with E-state index >= 15 is 0 Å². The first-order chi connectivity index (χ1) is 30.1. The third-order valence-electron chi connectivity index (χ3n) is 11.4. The van der Waals surface area contributed by atoms with Gasteiger partial charge in [-0.1, -0.05) is 30.3 Å². The van der Waals surface area contributed by atoms with Crippen molar-refractivity contribution >= 4 is 58.9 Å². The average molecular weight is 895 g/mol. The summed E-state index contributed by atoms with van der Waals surface area (Å²) in [7, 11) is 0. The van der Waals surface area contributed by atoms with E-state index in [1.807, 2.05) is 0 Å². The van der Waals surface area contributed by atoms with E-state index in [1.165, 1.54) is 22.8 Å². The summed E-state index contributed by atoms with van der Waals surface area (Å²) in [6, 6.07) is 12.4. The van der Waals surface area contributed by atoms with Crippen molar-refractivity contribution < 1.29 is 107 Å². The van der Waals surface area contributed by atoms with Crippen LogP contribution in [0.4, 0.5) is 9.59 Å². The normalized spacial score (nSPS) is 22.8. The van der Waals surface area contributed by atoms with E-state index in [9.17, 15) is 53.7 Å². The predicted molar refractivity (Wildman–Crippen MR) is 211 cm³/mol. The zero-order valence-electron chi connectivity index (χ0n) is 35.1. The Morgan fingerprint density at radius 1 is 0.750 bits per heavy atom. The molecule has 21 heteroatoms. The molecule has 6 atom stereocenters. The molecule has 0 unspecified atom stereocenters. The Balaban J connectivity index is 0.000000210. The second kappa shape index (κ2) is 19.8. The maximum atomic E-state index is 12.6. The van der Waals surface area contributed by atoms with Gasteiger partial charge in [0, 0.05) is 12.0 Å². The molecule has 6 aliphatic heterocycles. The zero-order chi connectivity index (χ0) is 45.3. The fourth-order valence-corrected chi connectivity index (χ4v) is 8.33. The molecule has 4 fully saturated rings. The molecule has 4 saturated heterocycles. The van der Waals surface area contributed by atoms with Crippen LogP contribution in [0.1, 0.15) is 44.2 Å². The molecule has 6 heterocycles. The van der Waals surface area contributed by atoms with Crippen LogP contribution in [0.5, 0.6) is 11.5 Å². The first-order valence-electron chi connectivity index (χ1n) is 20.0. The fourth-order valence-electron chi connectivity index (χ4n) is 8.33. The van der Waals surface area contributed by atoms with E-state index in [0.29, 0.717) is 46.6 Å². The fraction of sp³-hybridized carbons (Fsp3) is 0.395. The van der Waals surface area contributed by atoms with Crippen LogP contribution in [0, 0.1) is 11.8 Å². The maximum absolute atomic E-state index is 12.6. The van der Waals surface area contributed by atoms with Crippen LogP contribution in [-0.2, 0) is 43.0 Å². The summed E-state index contributed by atoms with van der Waals surface area (Å²) in [6.45, 7) is 6.65. The summed E-state index contributed by atoms with van der Waals surface area (Å²) in [4.78, 5) is 100. The largest absolute Gasteiger partial charge is 1.00 e. The topological polar surface area (TPSA) is 259 Å². The number of β-lactam (4-membered cyclic amide) rings is 2. The van der Waals surface area contributed by atoms with E-state index in [-0.39, 0.29) is 99.0 Å². The Kier molecular flexibility index (Phi) is 14.6. The minimum atomic E-state index is -1.45. The van der Waals surface area contributed by atoms with Crippen molar-refractivity contribution in [1.29, 1.82) is 0 Å². The summed E-state index contributed by atoms with van der Waals surface area (Å²) in [5.74, 6) is -3.98. The minimum absolute atomic E-state index is 0. The average Bonchev–Trinajstić information content (AvgIpc) is 4.03. The quantitative estimate of drug-likeness (QED) is 0.0657. The number of ether oxygens (including phenoxy) is 5. The van der Waals surface area contributed by atoms with Gasteiger partial charge in [-0.25, -0.2) is 19.4 Å². The number of aliphatic carboxylic acids is 1. The maximum Gasteiger partial charge on any atom is 1.00 e. The molecule has 2 N–H and O–H groups in total. The third-order valence-corrected chi connectivity index (χ3v) is 11.4. The number of hydrogen-bond acceptors (Lipinski definition) is 16. The second-order valence-electron chi connectivity index (χ2n) is 15.3. The number of rotatable bonds is 14.